The van der Waals surface area contributed by atoms with E-state index in [1.165, 1.54) is 16.4 Å². The molecule has 34 heavy (non-hydrogen) atoms. The third-order valence-corrected chi connectivity index (χ3v) is 6.72. The number of carbonyl (C=O) groups is 1. The second kappa shape index (κ2) is 11.8. The van der Waals surface area contributed by atoms with Crippen LogP contribution >= 0.6 is 0 Å². The molecule has 0 fully saturated rings. The Balaban J connectivity index is 2.30. The van der Waals surface area contributed by atoms with E-state index in [-0.39, 0.29) is 30.3 Å². The third-order valence-electron chi connectivity index (χ3n) is 4.88. The zero-order valence-electron chi connectivity index (χ0n) is 20.4. The number of sulfonamides is 1. The molecule has 188 valence electrons. The summed E-state index contributed by atoms with van der Waals surface area (Å²) in [5.74, 6) is -0.576. The highest BCUT2D eigenvalue weighted by Gasteiger charge is 2.32. The number of carbonyl (C=O) groups excluding carboxylic acids is 1. The minimum Gasteiger partial charge on any atom is -0.444 e. The molecule has 9 heteroatoms. The number of aliphatic hydroxyl groups excluding tert-OH is 1. The number of hydrogen-bond donors (Lipinski definition) is 2. The summed E-state index contributed by atoms with van der Waals surface area (Å²) in [6.45, 7) is 8.80. The van der Waals surface area contributed by atoms with Crippen LogP contribution in [-0.2, 0) is 21.2 Å². The molecule has 0 aliphatic rings. The first-order chi connectivity index (χ1) is 15.8. The molecule has 0 unspecified atom stereocenters. The van der Waals surface area contributed by atoms with Gasteiger partial charge in [-0.05, 0) is 62.9 Å². The van der Waals surface area contributed by atoms with Gasteiger partial charge in [-0.2, -0.15) is 4.31 Å². The van der Waals surface area contributed by atoms with E-state index in [2.05, 4.69) is 5.32 Å². The van der Waals surface area contributed by atoms with Crippen molar-refractivity contribution in [3.63, 3.8) is 0 Å². The van der Waals surface area contributed by atoms with E-state index in [0.29, 0.717) is 0 Å². The summed E-state index contributed by atoms with van der Waals surface area (Å²) < 4.78 is 46.4. The van der Waals surface area contributed by atoms with Crippen LogP contribution < -0.4 is 5.32 Å². The van der Waals surface area contributed by atoms with Crippen LogP contribution in [0.25, 0.3) is 0 Å². The number of benzene rings is 2. The lowest BCUT2D eigenvalue weighted by Crippen LogP contribution is -2.51. The van der Waals surface area contributed by atoms with Gasteiger partial charge in [0.2, 0.25) is 10.0 Å². The Kier molecular flexibility index (Phi) is 9.61. The van der Waals surface area contributed by atoms with Gasteiger partial charge in [0.15, 0.2) is 0 Å². The SMILES string of the molecule is CC(C)CN(C[C@@H](O)[C@H](Cc1ccccc1)NC(=O)OC(C)(C)C)S(=O)(=O)c1ccc(F)cc1. The van der Waals surface area contributed by atoms with Gasteiger partial charge in [0.05, 0.1) is 17.0 Å². The molecule has 2 aromatic rings. The van der Waals surface area contributed by atoms with Crippen molar-refractivity contribution in [3.05, 3.63) is 66.0 Å². The van der Waals surface area contributed by atoms with Crippen LogP contribution in [0.4, 0.5) is 9.18 Å². The van der Waals surface area contributed by atoms with Gasteiger partial charge in [0.1, 0.15) is 11.4 Å². The lowest BCUT2D eigenvalue weighted by atomic mass is 10.0. The minimum absolute atomic E-state index is 0.0335. The van der Waals surface area contributed by atoms with Gasteiger partial charge in [0, 0.05) is 13.1 Å². The molecule has 0 spiro atoms. The maximum Gasteiger partial charge on any atom is 0.407 e. The van der Waals surface area contributed by atoms with Crippen LogP contribution in [0.15, 0.2) is 59.5 Å². The second-order valence-electron chi connectivity index (χ2n) is 9.68. The highest BCUT2D eigenvalue weighted by atomic mass is 32.2. The smallest absolute Gasteiger partial charge is 0.407 e. The molecule has 2 atom stereocenters. The lowest BCUT2D eigenvalue weighted by molar-refractivity contribution is 0.0400. The predicted molar refractivity (Wildman–Crippen MR) is 129 cm³/mol. The number of nitrogens with one attached hydrogen (secondary N) is 1. The maximum absolute atomic E-state index is 13.3. The largest absolute Gasteiger partial charge is 0.444 e. The van der Waals surface area contributed by atoms with Gasteiger partial charge in [-0.25, -0.2) is 17.6 Å². The van der Waals surface area contributed by atoms with Gasteiger partial charge in [-0.15, -0.1) is 0 Å². The summed E-state index contributed by atoms with van der Waals surface area (Å²) in [5, 5.41) is 13.8. The normalized spacial score (nSPS) is 14.1. The average Bonchev–Trinajstić information content (AvgIpc) is 2.72. The van der Waals surface area contributed by atoms with E-state index < -0.39 is 39.7 Å². The zero-order chi connectivity index (χ0) is 25.5. The summed E-state index contributed by atoms with van der Waals surface area (Å²) in [6.07, 6.45) is -1.67. The molecular formula is C25H35FN2O5S. The van der Waals surface area contributed by atoms with Crippen LogP contribution in [0.5, 0.6) is 0 Å². The Labute approximate surface area is 202 Å². The summed E-state index contributed by atoms with van der Waals surface area (Å²) in [5.41, 5.74) is 0.126. The number of rotatable bonds is 10. The predicted octanol–water partition coefficient (Wildman–Crippen LogP) is 3.97. The number of aliphatic hydroxyl groups is 1. The Hall–Kier alpha value is -2.49. The van der Waals surface area contributed by atoms with E-state index >= 15 is 0 Å². The number of nitrogens with zero attached hydrogens (tertiary/aromatic N) is 1. The van der Waals surface area contributed by atoms with E-state index in [0.717, 1.165) is 17.7 Å². The second-order valence-corrected chi connectivity index (χ2v) is 11.6. The fraction of sp³-hybridized carbons (Fsp3) is 0.480. The van der Waals surface area contributed by atoms with Gasteiger partial charge in [0.25, 0.3) is 0 Å². The summed E-state index contributed by atoms with van der Waals surface area (Å²) in [4.78, 5) is 12.4. The van der Waals surface area contributed by atoms with Crippen LogP contribution in [0.2, 0.25) is 0 Å². The maximum atomic E-state index is 13.3. The molecule has 0 heterocycles. The number of halogens is 1. The van der Waals surface area contributed by atoms with Crippen molar-refractivity contribution in [2.24, 2.45) is 5.92 Å². The van der Waals surface area contributed by atoms with Crippen molar-refractivity contribution < 1.29 is 27.4 Å². The van der Waals surface area contributed by atoms with Crippen LogP contribution in [0.3, 0.4) is 0 Å². The summed E-state index contributed by atoms with van der Waals surface area (Å²) >= 11 is 0. The standard InChI is InChI=1S/C25H35FN2O5S/c1-18(2)16-28(34(31,32)21-13-11-20(26)12-14-21)17-23(29)22(15-19-9-7-6-8-10-19)27-24(30)33-25(3,4)5/h6-14,18,22-23,29H,15-17H2,1-5H3,(H,27,30)/t22-,23+/m0/s1. The van der Waals surface area contributed by atoms with Gasteiger partial charge in [-0.1, -0.05) is 44.2 Å². The fourth-order valence-corrected chi connectivity index (χ4v) is 5.00. The van der Waals surface area contributed by atoms with Crippen LogP contribution in [0.1, 0.15) is 40.2 Å². The quantitative estimate of drug-likeness (QED) is 0.521. The third kappa shape index (κ3) is 8.70. The van der Waals surface area contributed by atoms with E-state index in [1.807, 2.05) is 44.2 Å². The Morgan fingerprint density at radius 3 is 2.18 bits per heavy atom. The Morgan fingerprint density at radius 1 is 1.06 bits per heavy atom. The van der Waals surface area contributed by atoms with Gasteiger partial charge in [-0.3, -0.25) is 0 Å². The van der Waals surface area contributed by atoms with Crippen molar-refractivity contribution in [3.8, 4) is 0 Å². The van der Waals surface area contributed by atoms with E-state index in [9.17, 15) is 22.7 Å². The molecule has 7 nitrogen and oxygen atoms in total. The topological polar surface area (TPSA) is 95.9 Å². The van der Waals surface area contributed by atoms with Gasteiger partial charge < -0.3 is 15.2 Å². The first kappa shape index (κ1) is 27.8. The van der Waals surface area contributed by atoms with Gasteiger partial charge >= 0.3 is 6.09 Å². The first-order valence-electron chi connectivity index (χ1n) is 11.2. The van der Waals surface area contributed by atoms with Crippen molar-refractivity contribution in [2.75, 3.05) is 13.1 Å². The molecule has 2 rings (SSSR count). The molecular weight excluding hydrogens is 459 g/mol. The molecule has 2 aromatic carbocycles. The average molecular weight is 495 g/mol. The van der Waals surface area contributed by atoms with Crippen molar-refractivity contribution in [1.82, 2.24) is 9.62 Å². The highest BCUT2D eigenvalue weighted by Crippen LogP contribution is 2.20. The van der Waals surface area contributed by atoms with E-state index in [4.69, 9.17) is 4.74 Å². The van der Waals surface area contributed by atoms with Crippen molar-refractivity contribution >= 4 is 16.1 Å². The number of alkyl carbamates (subject to hydrolysis) is 1. The summed E-state index contributed by atoms with van der Waals surface area (Å²) in [7, 11) is -4.01. The molecule has 2 N–H and O–H groups in total. The molecule has 0 saturated heterocycles. The number of ether oxygens (including phenoxy) is 1. The molecule has 0 aliphatic heterocycles. The molecule has 0 saturated carbocycles. The molecule has 1 amide bonds. The van der Waals surface area contributed by atoms with Crippen molar-refractivity contribution in [1.29, 1.82) is 0 Å². The molecule has 0 radical (unpaired) electrons. The zero-order valence-corrected chi connectivity index (χ0v) is 21.2. The Bertz CT molecular complexity index is 1020. The Morgan fingerprint density at radius 2 is 1.65 bits per heavy atom. The molecule has 0 bridgehead atoms. The molecule has 0 aromatic heterocycles. The van der Waals surface area contributed by atoms with Crippen LogP contribution in [0, 0.1) is 11.7 Å². The lowest BCUT2D eigenvalue weighted by Gasteiger charge is -2.31. The minimum atomic E-state index is -4.01. The number of amides is 1. The first-order valence-corrected chi connectivity index (χ1v) is 12.7. The van der Waals surface area contributed by atoms with Crippen LogP contribution in [-0.4, -0.2) is 54.8 Å². The number of hydrogen-bond acceptors (Lipinski definition) is 5. The monoisotopic (exact) mass is 494 g/mol. The molecule has 0 aliphatic carbocycles. The highest BCUT2D eigenvalue weighted by molar-refractivity contribution is 7.89. The fourth-order valence-electron chi connectivity index (χ4n) is 3.38. The summed E-state index contributed by atoms with van der Waals surface area (Å²) in [6, 6.07) is 13.0. The van der Waals surface area contributed by atoms with Crippen molar-refractivity contribution in [2.45, 2.75) is 63.7 Å². The van der Waals surface area contributed by atoms with E-state index in [1.54, 1.807) is 20.8 Å².